The van der Waals surface area contributed by atoms with E-state index in [2.05, 4.69) is 172 Å². The van der Waals surface area contributed by atoms with Crippen molar-refractivity contribution in [2.45, 2.75) is 95.4 Å². The Morgan fingerprint density at radius 2 is 1.04 bits per heavy atom. The minimum absolute atomic E-state index is 0. The molecule has 0 amide bonds. The average molecular weight is 771 g/mol. The Morgan fingerprint density at radius 3 is 1.48 bits per heavy atom. The van der Waals surface area contributed by atoms with Crippen molar-refractivity contribution >= 4 is 17.4 Å². The van der Waals surface area contributed by atoms with Crippen molar-refractivity contribution in [2.75, 3.05) is 0 Å². The summed E-state index contributed by atoms with van der Waals surface area (Å²) in [6.45, 7) is 26.5. The fourth-order valence-electron chi connectivity index (χ4n) is 7.85. The van der Waals surface area contributed by atoms with Gasteiger partial charge in [-0.15, -0.1) is 0 Å². The van der Waals surface area contributed by atoms with Crippen LogP contribution in [0.5, 0.6) is 0 Å². The van der Waals surface area contributed by atoms with E-state index in [1.54, 1.807) is 22.3 Å². The van der Waals surface area contributed by atoms with Crippen LogP contribution in [0.1, 0.15) is 105 Å². The molecule has 0 saturated heterocycles. The van der Waals surface area contributed by atoms with Gasteiger partial charge >= 0.3 is 293 Å². The van der Waals surface area contributed by atoms with Crippen LogP contribution in [0.3, 0.4) is 0 Å². The minimum Gasteiger partial charge on any atom is -1.00 e. The zero-order valence-electron chi connectivity index (χ0n) is 30.7. The average Bonchev–Trinajstić information content (AvgIpc) is 3.53. The summed E-state index contributed by atoms with van der Waals surface area (Å²) in [7, 11) is 0. The summed E-state index contributed by atoms with van der Waals surface area (Å²) >= 11 is -0.859. The summed E-state index contributed by atoms with van der Waals surface area (Å²) in [5.74, 6) is 0.564. The maximum atomic E-state index is 2.73. The second-order valence-corrected chi connectivity index (χ2v) is 34.1. The van der Waals surface area contributed by atoms with Gasteiger partial charge in [-0.2, -0.15) is 0 Å². The van der Waals surface area contributed by atoms with Crippen LogP contribution in [0.25, 0.3) is 34.4 Å². The van der Waals surface area contributed by atoms with Crippen LogP contribution in [-0.4, -0.2) is 5.20 Å². The van der Waals surface area contributed by atoms with Crippen LogP contribution < -0.4 is 24.8 Å². The molecule has 2 unspecified atom stereocenters. The van der Waals surface area contributed by atoms with Gasteiger partial charge in [0.05, 0.1) is 0 Å². The molecule has 0 radical (unpaired) electrons. The first-order valence-corrected chi connectivity index (χ1v) is 25.4. The number of halogens is 2. The number of hydrogen-bond acceptors (Lipinski definition) is 0. The fourth-order valence-corrected chi connectivity index (χ4v) is 24.9. The van der Waals surface area contributed by atoms with Gasteiger partial charge in [0.2, 0.25) is 0 Å². The zero-order valence-corrected chi connectivity index (χ0v) is 35.7. The van der Waals surface area contributed by atoms with Crippen molar-refractivity contribution in [3.05, 3.63) is 129 Å². The topological polar surface area (TPSA) is 0 Å². The summed E-state index contributed by atoms with van der Waals surface area (Å²) in [5.41, 5.74) is 18.7. The van der Waals surface area contributed by atoms with Crippen LogP contribution in [0, 0.1) is 5.92 Å². The zero-order chi connectivity index (χ0) is 33.2. The van der Waals surface area contributed by atoms with E-state index in [9.17, 15) is 0 Å². The predicted octanol–water partition coefficient (Wildman–Crippen LogP) is 6.75. The number of fused-ring (bicyclic) bond motifs is 2. The number of rotatable bonds is 6. The van der Waals surface area contributed by atoms with Gasteiger partial charge < -0.3 is 24.8 Å². The summed E-state index contributed by atoms with van der Waals surface area (Å²) in [4.78, 5) is 0. The number of hydrogen-bond donors (Lipinski definition) is 0. The predicted molar refractivity (Wildman–Crippen MR) is 201 cm³/mol. The van der Waals surface area contributed by atoms with E-state index in [1.807, 2.05) is 0 Å². The van der Waals surface area contributed by atoms with Gasteiger partial charge in [0.1, 0.15) is 0 Å². The molecule has 250 valence electrons. The van der Waals surface area contributed by atoms with Gasteiger partial charge in [-0.3, -0.25) is 0 Å². The molecule has 48 heavy (non-hydrogen) atoms. The van der Waals surface area contributed by atoms with Gasteiger partial charge in [-0.1, -0.05) is 0 Å². The van der Waals surface area contributed by atoms with Gasteiger partial charge in [-0.05, 0) is 0 Å². The summed E-state index contributed by atoms with van der Waals surface area (Å²) in [6.07, 6.45) is 5.15. The molecule has 6 rings (SSSR count). The van der Waals surface area contributed by atoms with E-state index in [1.165, 1.54) is 44.5 Å². The fraction of sp³-hybridized carbons (Fsp3) is 0.364. The SMILES string of the molecule is CC1=Cc2c(-c3ccc(C(C)(C)C)cc3)cccc2C1[Si](C)(C)[Zr+2][CH]1C(C(C)C)=Cc2c(-c3ccc(C(C)(C)C)cc3)cccc21.[Cl-].[Cl-]. The van der Waals surface area contributed by atoms with Gasteiger partial charge in [0.15, 0.2) is 0 Å². The van der Waals surface area contributed by atoms with Crippen molar-refractivity contribution in [2.24, 2.45) is 5.92 Å². The Morgan fingerprint density at radius 1 is 0.604 bits per heavy atom. The Hall–Kier alpha value is -1.96. The van der Waals surface area contributed by atoms with E-state index in [4.69, 9.17) is 0 Å². The van der Waals surface area contributed by atoms with E-state index in [0.717, 1.165) is 0 Å². The molecule has 4 aromatic rings. The molecule has 0 aliphatic heterocycles. The molecule has 4 aromatic carbocycles. The van der Waals surface area contributed by atoms with Crippen LogP contribution >= 0.6 is 0 Å². The van der Waals surface area contributed by atoms with Crippen LogP contribution in [-0.2, 0) is 33.2 Å². The monoisotopic (exact) mass is 768 g/mol. The summed E-state index contributed by atoms with van der Waals surface area (Å²) in [6, 6.07) is 33.0. The normalized spacial score (nSPS) is 17.1. The second-order valence-electron chi connectivity index (χ2n) is 16.7. The first-order valence-electron chi connectivity index (χ1n) is 17.2. The van der Waals surface area contributed by atoms with Crippen molar-refractivity contribution < 1.29 is 47.2 Å². The molecule has 2 aliphatic rings. The summed E-state index contributed by atoms with van der Waals surface area (Å²) in [5, 5.41) is -1.63. The second kappa shape index (κ2) is 14.3. The molecule has 0 heterocycles. The van der Waals surface area contributed by atoms with E-state index in [-0.39, 0.29) is 35.6 Å². The van der Waals surface area contributed by atoms with E-state index >= 15 is 0 Å². The molecule has 0 bridgehead atoms. The molecule has 4 heteroatoms. The maximum absolute atomic E-state index is 2.73. The molecule has 0 aromatic heterocycles. The third-order valence-electron chi connectivity index (χ3n) is 10.4. The van der Waals surface area contributed by atoms with Crippen molar-refractivity contribution in [1.29, 1.82) is 0 Å². The maximum Gasteiger partial charge on any atom is -1.00 e. The minimum atomic E-state index is -1.63. The van der Waals surface area contributed by atoms with Crippen LogP contribution in [0.15, 0.2) is 96.1 Å². The smallest absolute Gasteiger partial charge is 1.00 e. The van der Waals surface area contributed by atoms with Gasteiger partial charge in [0, 0.05) is 0 Å². The quantitative estimate of drug-likeness (QED) is 0.191. The Balaban J connectivity index is 0.00000260. The largest absolute Gasteiger partial charge is 1.00 e. The van der Waals surface area contributed by atoms with Crippen LogP contribution in [0.4, 0.5) is 0 Å². The summed E-state index contributed by atoms with van der Waals surface area (Å²) < 4.78 is 0.652. The van der Waals surface area contributed by atoms with Gasteiger partial charge in [0.25, 0.3) is 0 Å². The molecule has 2 aliphatic carbocycles. The molecule has 2 atom stereocenters. The van der Waals surface area contributed by atoms with Crippen molar-refractivity contribution in [1.82, 2.24) is 0 Å². The van der Waals surface area contributed by atoms with Crippen LogP contribution in [0.2, 0.25) is 13.1 Å². The third-order valence-corrected chi connectivity index (χ3v) is 25.0. The molecular formula is C44H52Cl2SiZr. The molecule has 0 nitrogen and oxygen atoms in total. The van der Waals surface area contributed by atoms with Gasteiger partial charge in [-0.25, -0.2) is 0 Å². The molecule has 0 fully saturated rings. The standard InChI is InChI=1S/C22H27Si.C22H25.2ClH.Zr/c1-15-14-20-18(8-7-9-19(20)21(15)23(5)6)16-10-12-17(13-11-16)22(2,3)4;1-15(2)18-13-17-7-6-8-20(21(17)14-18)16-9-11-19(12-10-16)22(3,4)5;;;/h7-14,21H,1-6H3;6-15H,1-5H3;2*1H;/q;;;;+2/p-2. The first kappa shape index (κ1) is 38.8. The molecule has 0 N–H and O–H groups in total. The van der Waals surface area contributed by atoms with E-state index in [0.29, 0.717) is 15.1 Å². The number of benzene rings is 4. The Labute approximate surface area is 315 Å². The van der Waals surface area contributed by atoms with E-state index < -0.39 is 27.6 Å². The Bertz CT molecular complexity index is 1830. The molecule has 0 spiro atoms. The van der Waals surface area contributed by atoms with Crippen molar-refractivity contribution in [3.8, 4) is 22.3 Å². The third kappa shape index (κ3) is 7.39. The molecular weight excluding hydrogens is 719 g/mol. The first-order chi connectivity index (χ1) is 21.6. The Kier molecular flexibility index (Phi) is 11.6. The number of allylic oxidation sites excluding steroid dienone is 2. The van der Waals surface area contributed by atoms with Crippen molar-refractivity contribution in [3.63, 3.8) is 0 Å². The molecule has 0 saturated carbocycles.